The maximum atomic E-state index is 11.7. The Hall–Kier alpha value is -2.40. The predicted molar refractivity (Wildman–Crippen MR) is 114 cm³/mol. The van der Waals surface area contributed by atoms with Crippen LogP contribution in [-0.4, -0.2) is 38.8 Å². The summed E-state index contributed by atoms with van der Waals surface area (Å²) in [7, 11) is 0. The van der Waals surface area contributed by atoms with Crippen molar-refractivity contribution in [1.82, 2.24) is 15.0 Å². The molecule has 1 saturated carbocycles. The largest absolute Gasteiger partial charge is 0.387 e. The van der Waals surface area contributed by atoms with Gasteiger partial charge < -0.3 is 10.0 Å². The van der Waals surface area contributed by atoms with Crippen LogP contribution in [0.25, 0.3) is 11.0 Å². The second-order valence-electron chi connectivity index (χ2n) is 7.85. The lowest BCUT2D eigenvalue weighted by molar-refractivity contribution is -0.0328. The molecule has 1 N–H and O–H groups in total. The Kier molecular flexibility index (Phi) is 5.36. The predicted octanol–water partition coefficient (Wildman–Crippen LogP) is 4.56. The first-order chi connectivity index (χ1) is 13.7. The van der Waals surface area contributed by atoms with Gasteiger partial charge in [0.2, 0.25) is 0 Å². The van der Waals surface area contributed by atoms with Crippen molar-refractivity contribution in [3.8, 4) is 0 Å². The van der Waals surface area contributed by atoms with Gasteiger partial charge in [0, 0.05) is 18.8 Å². The minimum Gasteiger partial charge on any atom is -0.387 e. The van der Waals surface area contributed by atoms with Crippen LogP contribution in [0.15, 0.2) is 48.5 Å². The minimum absolute atomic E-state index is 0.231. The summed E-state index contributed by atoms with van der Waals surface area (Å²) in [5.41, 5.74) is 3.35. The van der Waals surface area contributed by atoms with E-state index in [0.717, 1.165) is 55.4 Å². The molecule has 0 saturated heterocycles. The van der Waals surface area contributed by atoms with Gasteiger partial charge in [-0.2, -0.15) is 0 Å². The summed E-state index contributed by atoms with van der Waals surface area (Å²) in [5.74, 6) is 0. The zero-order valence-corrected chi connectivity index (χ0v) is 16.9. The number of benzene rings is 2. The maximum Gasteiger partial charge on any atom is 0.113 e. The number of fused-ring (bicyclic) bond motifs is 1. The van der Waals surface area contributed by atoms with Gasteiger partial charge in [-0.3, -0.25) is 0 Å². The summed E-state index contributed by atoms with van der Waals surface area (Å²) >= 11 is 0. The summed E-state index contributed by atoms with van der Waals surface area (Å²) in [6.45, 7) is 6.31. The number of para-hydroxylation sites is 1. The molecule has 1 heterocycles. The van der Waals surface area contributed by atoms with E-state index in [2.05, 4.69) is 53.3 Å². The normalized spacial score (nSPS) is 17.5. The molecule has 0 radical (unpaired) electrons. The average molecular weight is 379 g/mol. The molecule has 148 valence electrons. The highest BCUT2D eigenvalue weighted by Gasteiger charge is 2.41. The smallest absolute Gasteiger partial charge is 0.113 e. The first-order valence-corrected chi connectivity index (χ1v) is 10.5. The highest BCUT2D eigenvalue weighted by atomic mass is 16.3. The Morgan fingerprint density at radius 1 is 1.00 bits per heavy atom. The van der Waals surface area contributed by atoms with Crippen molar-refractivity contribution in [3.05, 3.63) is 54.1 Å². The van der Waals surface area contributed by atoms with Crippen molar-refractivity contribution in [2.45, 2.75) is 57.6 Å². The van der Waals surface area contributed by atoms with Crippen LogP contribution in [-0.2, 0) is 0 Å². The van der Waals surface area contributed by atoms with E-state index in [9.17, 15) is 5.11 Å². The molecule has 2 aromatic carbocycles. The van der Waals surface area contributed by atoms with E-state index >= 15 is 0 Å². The number of hydrogen-bond acceptors (Lipinski definition) is 4. The van der Waals surface area contributed by atoms with Crippen molar-refractivity contribution in [2.75, 3.05) is 18.0 Å². The van der Waals surface area contributed by atoms with Gasteiger partial charge in [0.1, 0.15) is 11.6 Å². The Morgan fingerprint density at radius 2 is 1.68 bits per heavy atom. The molecule has 1 unspecified atom stereocenters. The van der Waals surface area contributed by atoms with Crippen LogP contribution in [0.1, 0.15) is 57.6 Å². The van der Waals surface area contributed by atoms with Gasteiger partial charge in [-0.25, -0.2) is 4.68 Å². The zero-order chi connectivity index (χ0) is 19.6. The van der Waals surface area contributed by atoms with Crippen LogP contribution in [0, 0.1) is 0 Å². The Balaban J connectivity index is 1.79. The van der Waals surface area contributed by atoms with Gasteiger partial charge >= 0.3 is 0 Å². The van der Waals surface area contributed by atoms with E-state index in [1.54, 1.807) is 0 Å². The number of nitrogens with zero attached hydrogens (tertiary/aromatic N) is 4. The van der Waals surface area contributed by atoms with Crippen LogP contribution < -0.4 is 4.90 Å². The van der Waals surface area contributed by atoms with Crippen LogP contribution in [0.3, 0.4) is 0 Å². The fourth-order valence-electron chi connectivity index (χ4n) is 4.65. The van der Waals surface area contributed by atoms with E-state index in [-0.39, 0.29) is 6.04 Å². The van der Waals surface area contributed by atoms with Crippen molar-refractivity contribution in [3.63, 3.8) is 0 Å². The Bertz CT molecular complexity index is 908. The molecule has 1 atom stereocenters. The molecule has 1 aliphatic rings. The third kappa shape index (κ3) is 3.39. The molecule has 28 heavy (non-hydrogen) atoms. The molecule has 4 rings (SSSR count). The monoisotopic (exact) mass is 378 g/mol. The summed E-state index contributed by atoms with van der Waals surface area (Å²) < 4.78 is 1.94. The minimum atomic E-state index is -0.800. The molecular weight excluding hydrogens is 348 g/mol. The first-order valence-electron chi connectivity index (χ1n) is 10.5. The summed E-state index contributed by atoms with van der Waals surface area (Å²) in [6.07, 6.45) is 4.88. The van der Waals surface area contributed by atoms with Gasteiger partial charge in [0.15, 0.2) is 0 Å². The molecule has 0 spiro atoms. The average Bonchev–Trinajstić information content (AvgIpc) is 3.14. The second kappa shape index (κ2) is 7.92. The zero-order valence-electron chi connectivity index (χ0n) is 16.9. The lowest BCUT2D eigenvalue weighted by atomic mass is 9.77. The van der Waals surface area contributed by atoms with Crippen LogP contribution in [0.5, 0.6) is 0 Å². The lowest BCUT2D eigenvalue weighted by Crippen LogP contribution is -2.42. The number of aliphatic hydroxyl groups is 1. The molecular formula is C23H30N4O. The van der Waals surface area contributed by atoms with Crippen LogP contribution >= 0.6 is 0 Å². The standard InChI is InChI=1S/C23H30N4O/c1-3-26(4-2)19-14-12-18(13-15-19)22(23(28)16-8-5-9-17-23)27-21-11-7-6-10-20(21)24-25-27/h6-7,10-15,22,28H,3-5,8-9,16-17H2,1-2H3. The molecule has 1 fully saturated rings. The highest BCUT2D eigenvalue weighted by Crippen LogP contribution is 2.41. The van der Waals surface area contributed by atoms with Crippen molar-refractivity contribution in [1.29, 1.82) is 0 Å². The first kappa shape index (κ1) is 18.9. The molecule has 3 aromatic rings. The third-order valence-electron chi connectivity index (χ3n) is 6.19. The van der Waals surface area contributed by atoms with E-state index < -0.39 is 5.60 Å². The highest BCUT2D eigenvalue weighted by molar-refractivity contribution is 5.74. The SMILES string of the molecule is CCN(CC)c1ccc(C(n2nnc3ccccc32)C2(O)CCCCC2)cc1. The van der Waals surface area contributed by atoms with Gasteiger partial charge in [-0.05, 0) is 56.5 Å². The fourth-order valence-corrected chi connectivity index (χ4v) is 4.65. The molecule has 5 nitrogen and oxygen atoms in total. The molecule has 1 aliphatic carbocycles. The number of rotatable bonds is 6. The van der Waals surface area contributed by atoms with Gasteiger partial charge in [0.25, 0.3) is 0 Å². The number of anilines is 1. The number of aromatic nitrogens is 3. The second-order valence-corrected chi connectivity index (χ2v) is 7.85. The quantitative estimate of drug-likeness (QED) is 0.683. The molecule has 5 heteroatoms. The Labute approximate surface area is 167 Å². The summed E-state index contributed by atoms with van der Waals surface area (Å²) in [6, 6.07) is 16.4. The molecule has 0 aliphatic heterocycles. The third-order valence-corrected chi connectivity index (χ3v) is 6.19. The van der Waals surface area contributed by atoms with Crippen LogP contribution in [0.4, 0.5) is 5.69 Å². The Morgan fingerprint density at radius 3 is 2.36 bits per heavy atom. The van der Waals surface area contributed by atoms with E-state index in [1.807, 2.05) is 28.9 Å². The number of hydrogen-bond donors (Lipinski definition) is 1. The summed E-state index contributed by atoms with van der Waals surface area (Å²) in [4.78, 5) is 2.33. The van der Waals surface area contributed by atoms with Crippen molar-refractivity contribution < 1.29 is 5.11 Å². The molecule has 0 bridgehead atoms. The van der Waals surface area contributed by atoms with Gasteiger partial charge in [0.05, 0.1) is 11.1 Å². The van der Waals surface area contributed by atoms with E-state index in [4.69, 9.17) is 0 Å². The van der Waals surface area contributed by atoms with E-state index in [1.165, 1.54) is 12.1 Å². The topological polar surface area (TPSA) is 54.2 Å². The fraction of sp³-hybridized carbons (Fsp3) is 0.478. The van der Waals surface area contributed by atoms with Crippen LogP contribution in [0.2, 0.25) is 0 Å². The van der Waals surface area contributed by atoms with Gasteiger partial charge in [-0.15, -0.1) is 5.10 Å². The lowest BCUT2D eigenvalue weighted by Gasteiger charge is -2.39. The van der Waals surface area contributed by atoms with Crippen molar-refractivity contribution in [2.24, 2.45) is 0 Å². The molecule has 1 aromatic heterocycles. The van der Waals surface area contributed by atoms with Crippen molar-refractivity contribution >= 4 is 16.7 Å². The van der Waals surface area contributed by atoms with E-state index in [0.29, 0.717) is 0 Å². The van der Waals surface area contributed by atoms with Gasteiger partial charge in [-0.1, -0.05) is 48.7 Å². The molecule has 0 amide bonds. The summed E-state index contributed by atoms with van der Waals surface area (Å²) in [5, 5.41) is 20.5. The maximum absolute atomic E-state index is 11.7.